The fourth-order valence-corrected chi connectivity index (χ4v) is 2.12. The van der Waals surface area contributed by atoms with Crippen LogP contribution in [0.3, 0.4) is 0 Å². The molecule has 1 aromatic heterocycles. The Morgan fingerprint density at radius 1 is 1.74 bits per heavy atom. The van der Waals surface area contributed by atoms with Gasteiger partial charge in [0.15, 0.2) is 0 Å². The summed E-state index contributed by atoms with van der Waals surface area (Å²) in [5.74, 6) is -1.03. The molecular formula is C12H14ClFN2O3. The van der Waals surface area contributed by atoms with Crippen molar-refractivity contribution in [2.45, 2.75) is 19.1 Å². The van der Waals surface area contributed by atoms with Gasteiger partial charge in [-0.05, 0) is 13.0 Å². The van der Waals surface area contributed by atoms with Gasteiger partial charge >= 0.3 is 0 Å². The van der Waals surface area contributed by atoms with Crippen molar-refractivity contribution >= 4 is 17.5 Å². The maximum atomic E-state index is 13.2. The van der Waals surface area contributed by atoms with Crippen molar-refractivity contribution in [1.29, 1.82) is 0 Å². The van der Waals surface area contributed by atoms with Crippen LogP contribution in [0.4, 0.5) is 4.39 Å². The average Bonchev–Trinajstić information content (AvgIpc) is 2.41. The number of rotatable bonds is 2. The van der Waals surface area contributed by atoms with E-state index in [4.69, 9.17) is 21.4 Å². The summed E-state index contributed by atoms with van der Waals surface area (Å²) in [5, 5.41) is 9.05. The van der Waals surface area contributed by atoms with Gasteiger partial charge in [-0.15, -0.1) is 0 Å². The normalized spacial score (nSPS) is 23.5. The molecule has 0 bridgehead atoms. The molecule has 2 heterocycles. The number of aromatic nitrogens is 1. The van der Waals surface area contributed by atoms with E-state index in [2.05, 4.69) is 4.98 Å². The number of pyridine rings is 1. The first-order valence-electron chi connectivity index (χ1n) is 5.87. The molecule has 104 valence electrons. The summed E-state index contributed by atoms with van der Waals surface area (Å²) in [5.41, 5.74) is 0.0205. The van der Waals surface area contributed by atoms with Crippen molar-refractivity contribution in [3.63, 3.8) is 0 Å². The number of nitrogens with zero attached hydrogens (tertiary/aromatic N) is 2. The lowest BCUT2D eigenvalue weighted by Crippen LogP contribution is -2.52. The van der Waals surface area contributed by atoms with Crippen LogP contribution in [0.15, 0.2) is 12.3 Å². The van der Waals surface area contributed by atoms with E-state index in [1.807, 2.05) is 6.92 Å². The SMILES string of the molecule is CC1COC(CO)CN1C(=O)c1cc(F)cnc1Cl. The summed E-state index contributed by atoms with van der Waals surface area (Å²) in [6.45, 7) is 2.19. The first-order valence-corrected chi connectivity index (χ1v) is 6.25. The third-order valence-corrected chi connectivity index (χ3v) is 3.31. The predicted molar refractivity (Wildman–Crippen MR) is 66.5 cm³/mol. The predicted octanol–water partition coefficient (Wildman–Crippen LogP) is 1.10. The van der Waals surface area contributed by atoms with E-state index in [1.165, 1.54) is 4.90 Å². The van der Waals surface area contributed by atoms with Crippen LogP contribution in [0.5, 0.6) is 0 Å². The molecule has 2 unspecified atom stereocenters. The smallest absolute Gasteiger partial charge is 0.257 e. The number of hydrogen-bond acceptors (Lipinski definition) is 4. The highest BCUT2D eigenvalue weighted by Gasteiger charge is 2.31. The average molecular weight is 289 g/mol. The number of carbonyl (C=O) groups is 1. The first-order chi connectivity index (χ1) is 9.02. The number of amides is 1. The van der Waals surface area contributed by atoms with Crippen LogP contribution in [0.2, 0.25) is 5.15 Å². The van der Waals surface area contributed by atoms with Gasteiger partial charge in [0, 0.05) is 6.54 Å². The Hall–Kier alpha value is -1.24. The quantitative estimate of drug-likeness (QED) is 0.828. The van der Waals surface area contributed by atoms with Gasteiger partial charge in [0.1, 0.15) is 11.0 Å². The molecule has 5 nitrogen and oxygen atoms in total. The highest BCUT2D eigenvalue weighted by Crippen LogP contribution is 2.20. The molecule has 0 aliphatic carbocycles. The van der Waals surface area contributed by atoms with Crippen LogP contribution in [-0.2, 0) is 4.74 Å². The van der Waals surface area contributed by atoms with Gasteiger partial charge in [-0.1, -0.05) is 11.6 Å². The lowest BCUT2D eigenvalue weighted by atomic mass is 10.1. The Bertz CT molecular complexity index is 486. The molecule has 1 aromatic rings. The summed E-state index contributed by atoms with van der Waals surface area (Å²) in [7, 11) is 0. The van der Waals surface area contributed by atoms with Gasteiger partial charge in [0.25, 0.3) is 5.91 Å². The molecule has 1 aliphatic rings. The number of ether oxygens (including phenoxy) is 1. The molecule has 2 atom stereocenters. The number of carbonyl (C=O) groups excluding carboxylic acids is 1. The van der Waals surface area contributed by atoms with Crippen LogP contribution in [0, 0.1) is 5.82 Å². The van der Waals surface area contributed by atoms with Crippen LogP contribution in [0.25, 0.3) is 0 Å². The second-order valence-electron chi connectivity index (χ2n) is 4.44. The highest BCUT2D eigenvalue weighted by atomic mass is 35.5. The molecule has 19 heavy (non-hydrogen) atoms. The molecular weight excluding hydrogens is 275 g/mol. The van der Waals surface area contributed by atoms with Gasteiger partial charge in [-0.3, -0.25) is 4.79 Å². The van der Waals surface area contributed by atoms with Crippen LogP contribution in [0.1, 0.15) is 17.3 Å². The van der Waals surface area contributed by atoms with Crippen molar-refractivity contribution in [1.82, 2.24) is 9.88 Å². The fraction of sp³-hybridized carbons (Fsp3) is 0.500. The van der Waals surface area contributed by atoms with Crippen molar-refractivity contribution in [3.05, 3.63) is 28.8 Å². The molecule has 1 amide bonds. The summed E-state index contributed by atoms with van der Waals surface area (Å²) < 4.78 is 18.5. The zero-order valence-electron chi connectivity index (χ0n) is 10.3. The molecule has 1 saturated heterocycles. The lowest BCUT2D eigenvalue weighted by Gasteiger charge is -2.37. The number of aliphatic hydroxyl groups is 1. The third-order valence-electron chi connectivity index (χ3n) is 3.01. The number of hydrogen-bond donors (Lipinski definition) is 1. The molecule has 0 spiro atoms. The summed E-state index contributed by atoms with van der Waals surface area (Å²) in [6.07, 6.45) is 0.527. The minimum absolute atomic E-state index is 0.0205. The third kappa shape index (κ3) is 3.02. The Morgan fingerprint density at radius 3 is 3.16 bits per heavy atom. The molecule has 2 rings (SSSR count). The van der Waals surface area contributed by atoms with Crippen LogP contribution in [-0.4, -0.2) is 52.8 Å². The molecule has 0 saturated carbocycles. The standard InChI is InChI=1S/C12H14ClFN2O3/c1-7-6-19-9(5-17)4-16(7)12(18)10-2-8(14)3-15-11(10)13/h2-3,7,9,17H,4-6H2,1H3. The summed E-state index contributed by atoms with van der Waals surface area (Å²) in [4.78, 5) is 17.5. The van der Waals surface area contributed by atoms with Crippen LogP contribution < -0.4 is 0 Å². The minimum atomic E-state index is -0.618. The Balaban J connectivity index is 2.24. The largest absolute Gasteiger partial charge is 0.394 e. The van der Waals surface area contributed by atoms with Gasteiger partial charge in [0.05, 0.1) is 37.1 Å². The zero-order valence-corrected chi connectivity index (χ0v) is 11.1. The maximum absolute atomic E-state index is 13.2. The van der Waals surface area contributed by atoms with Crippen LogP contribution >= 0.6 is 11.6 Å². The highest BCUT2D eigenvalue weighted by molar-refractivity contribution is 6.32. The Morgan fingerprint density at radius 2 is 2.47 bits per heavy atom. The monoisotopic (exact) mass is 288 g/mol. The van der Waals surface area contributed by atoms with E-state index in [0.29, 0.717) is 6.61 Å². The van der Waals surface area contributed by atoms with Crippen molar-refractivity contribution in [3.8, 4) is 0 Å². The van der Waals surface area contributed by atoms with E-state index in [1.54, 1.807) is 0 Å². The minimum Gasteiger partial charge on any atom is -0.394 e. The molecule has 7 heteroatoms. The molecule has 1 aliphatic heterocycles. The summed E-state index contributed by atoms with van der Waals surface area (Å²) in [6, 6.07) is 0.892. The van der Waals surface area contributed by atoms with Gasteiger partial charge in [0.2, 0.25) is 0 Å². The zero-order chi connectivity index (χ0) is 14.0. The number of aliphatic hydroxyl groups excluding tert-OH is 1. The number of morpholine rings is 1. The van der Waals surface area contributed by atoms with E-state index < -0.39 is 17.8 Å². The molecule has 0 aromatic carbocycles. The van der Waals surface area contributed by atoms with E-state index >= 15 is 0 Å². The first kappa shape index (κ1) is 14.2. The summed E-state index contributed by atoms with van der Waals surface area (Å²) >= 11 is 5.82. The van der Waals surface area contributed by atoms with Gasteiger partial charge < -0.3 is 14.7 Å². The van der Waals surface area contributed by atoms with E-state index in [0.717, 1.165) is 12.3 Å². The lowest BCUT2D eigenvalue weighted by molar-refractivity contribution is -0.0667. The van der Waals surface area contributed by atoms with Crippen molar-refractivity contribution < 1.29 is 19.0 Å². The van der Waals surface area contributed by atoms with Crippen molar-refractivity contribution in [2.24, 2.45) is 0 Å². The topological polar surface area (TPSA) is 62.7 Å². The molecule has 0 radical (unpaired) electrons. The Kier molecular flexibility index (Phi) is 4.34. The molecule has 1 N–H and O–H groups in total. The second-order valence-corrected chi connectivity index (χ2v) is 4.79. The van der Waals surface area contributed by atoms with E-state index in [-0.39, 0.29) is 29.9 Å². The van der Waals surface area contributed by atoms with E-state index in [9.17, 15) is 9.18 Å². The number of halogens is 2. The Labute approximate surface area is 114 Å². The van der Waals surface area contributed by atoms with Crippen molar-refractivity contribution in [2.75, 3.05) is 19.8 Å². The fourth-order valence-electron chi connectivity index (χ4n) is 1.94. The van der Waals surface area contributed by atoms with Gasteiger partial charge in [-0.2, -0.15) is 0 Å². The maximum Gasteiger partial charge on any atom is 0.257 e. The molecule has 1 fully saturated rings. The van der Waals surface area contributed by atoms with Gasteiger partial charge in [-0.25, -0.2) is 9.37 Å². The second kappa shape index (κ2) is 5.81.